The van der Waals surface area contributed by atoms with Gasteiger partial charge >= 0.3 is 0 Å². The SMILES string of the molecule is CN(CCC1CCCN(C)C1)CNN. The minimum atomic E-state index is 0.780. The molecule has 0 aromatic rings. The molecule has 0 radical (unpaired) electrons. The third-order valence-corrected chi connectivity index (χ3v) is 3.00. The minimum absolute atomic E-state index is 0.780. The van der Waals surface area contributed by atoms with Crippen molar-refractivity contribution in [2.45, 2.75) is 19.3 Å². The van der Waals surface area contributed by atoms with Crippen LogP contribution in [0.25, 0.3) is 0 Å². The number of hydrogen-bond donors (Lipinski definition) is 2. The molecular formula is C10H24N4. The predicted octanol–water partition coefficient (Wildman–Crippen LogP) is 0.0709. The second-order valence-electron chi connectivity index (χ2n) is 4.50. The van der Waals surface area contributed by atoms with Crippen molar-refractivity contribution < 1.29 is 0 Å². The number of rotatable bonds is 5. The van der Waals surface area contributed by atoms with Crippen LogP contribution in [0.3, 0.4) is 0 Å². The summed E-state index contributed by atoms with van der Waals surface area (Å²) in [4.78, 5) is 4.67. The smallest absolute Gasteiger partial charge is 0.0609 e. The summed E-state index contributed by atoms with van der Waals surface area (Å²) >= 11 is 0. The van der Waals surface area contributed by atoms with Gasteiger partial charge in [0.25, 0.3) is 0 Å². The minimum Gasteiger partial charge on any atom is -0.306 e. The highest BCUT2D eigenvalue weighted by molar-refractivity contribution is 4.71. The molecule has 0 amide bonds. The third-order valence-electron chi connectivity index (χ3n) is 3.00. The summed E-state index contributed by atoms with van der Waals surface area (Å²) in [6, 6.07) is 0. The predicted molar refractivity (Wildman–Crippen MR) is 59.7 cm³/mol. The van der Waals surface area contributed by atoms with Gasteiger partial charge < -0.3 is 4.90 Å². The lowest BCUT2D eigenvalue weighted by Crippen LogP contribution is -2.38. The Morgan fingerprint density at radius 1 is 1.57 bits per heavy atom. The number of piperidine rings is 1. The first kappa shape index (κ1) is 11.9. The molecule has 14 heavy (non-hydrogen) atoms. The van der Waals surface area contributed by atoms with Crippen LogP contribution in [0.15, 0.2) is 0 Å². The molecular weight excluding hydrogens is 176 g/mol. The van der Waals surface area contributed by atoms with E-state index in [4.69, 9.17) is 5.84 Å². The van der Waals surface area contributed by atoms with Gasteiger partial charge in [0, 0.05) is 6.54 Å². The van der Waals surface area contributed by atoms with E-state index in [0.717, 1.165) is 19.1 Å². The van der Waals surface area contributed by atoms with Gasteiger partial charge in [-0.05, 0) is 52.4 Å². The average Bonchev–Trinajstić information content (AvgIpc) is 2.15. The fraction of sp³-hybridized carbons (Fsp3) is 1.00. The van der Waals surface area contributed by atoms with Crippen LogP contribution in [0.4, 0.5) is 0 Å². The molecule has 1 saturated heterocycles. The van der Waals surface area contributed by atoms with Crippen LogP contribution in [0, 0.1) is 5.92 Å². The van der Waals surface area contributed by atoms with Gasteiger partial charge in [-0.1, -0.05) is 0 Å². The second kappa shape index (κ2) is 6.35. The van der Waals surface area contributed by atoms with Crippen LogP contribution >= 0.6 is 0 Å². The Balaban J connectivity index is 2.10. The Bertz CT molecular complexity index is 151. The summed E-state index contributed by atoms with van der Waals surface area (Å²) in [6.45, 7) is 4.46. The van der Waals surface area contributed by atoms with E-state index in [1.807, 2.05) is 0 Å². The highest BCUT2D eigenvalue weighted by Gasteiger charge is 2.16. The van der Waals surface area contributed by atoms with Crippen molar-refractivity contribution in [2.24, 2.45) is 11.8 Å². The Kier molecular flexibility index (Phi) is 5.40. The zero-order valence-electron chi connectivity index (χ0n) is 9.50. The third kappa shape index (κ3) is 4.37. The summed E-state index contributed by atoms with van der Waals surface area (Å²) in [7, 11) is 4.32. The quantitative estimate of drug-likeness (QED) is 0.374. The molecule has 0 aromatic carbocycles. The van der Waals surface area contributed by atoms with Crippen molar-refractivity contribution >= 4 is 0 Å². The lowest BCUT2D eigenvalue weighted by Gasteiger charge is -2.30. The van der Waals surface area contributed by atoms with Gasteiger partial charge in [-0.15, -0.1) is 0 Å². The highest BCUT2D eigenvalue weighted by Crippen LogP contribution is 2.18. The first-order valence-corrected chi connectivity index (χ1v) is 5.53. The summed E-state index contributed by atoms with van der Waals surface area (Å²) < 4.78 is 0. The fourth-order valence-electron chi connectivity index (χ4n) is 2.15. The summed E-state index contributed by atoms with van der Waals surface area (Å²) in [5, 5.41) is 0. The molecule has 4 nitrogen and oxygen atoms in total. The molecule has 0 spiro atoms. The average molecular weight is 200 g/mol. The molecule has 3 N–H and O–H groups in total. The van der Waals surface area contributed by atoms with Crippen LogP contribution in [0.1, 0.15) is 19.3 Å². The van der Waals surface area contributed by atoms with Gasteiger partial charge in [-0.3, -0.25) is 10.7 Å². The fourth-order valence-corrected chi connectivity index (χ4v) is 2.15. The Labute approximate surface area is 87.4 Å². The van der Waals surface area contributed by atoms with Crippen molar-refractivity contribution in [2.75, 3.05) is 40.4 Å². The molecule has 1 fully saturated rings. The largest absolute Gasteiger partial charge is 0.306 e. The molecule has 0 aromatic heterocycles. The van der Waals surface area contributed by atoms with Crippen molar-refractivity contribution in [3.8, 4) is 0 Å². The van der Waals surface area contributed by atoms with Gasteiger partial charge in [0.1, 0.15) is 0 Å². The molecule has 1 heterocycles. The van der Waals surface area contributed by atoms with E-state index in [2.05, 4.69) is 29.3 Å². The van der Waals surface area contributed by atoms with Crippen LogP contribution in [0.2, 0.25) is 0 Å². The van der Waals surface area contributed by atoms with E-state index in [1.54, 1.807) is 0 Å². The second-order valence-corrected chi connectivity index (χ2v) is 4.50. The lowest BCUT2D eigenvalue weighted by atomic mass is 9.95. The molecule has 4 heteroatoms. The van der Waals surface area contributed by atoms with Crippen molar-refractivity contribution in [3.63, 3.8) is 0 Å². The number of nitrogens with one attached hydrogen (secondary N) is 1. The van der Waals surface area contributed by atoms with Gasteiger partial charge in [0.15, 0.2) is 0 Å². The van der Waals surface area contributed by atoms with Crippen LogP contribution in [0.5, 0.6) is 0 Å². The number of hydrogen-bond acceptors (Lipinski definition) is 4. The molecule has 1 aliphatic rings. The number of hydrazine groups is 1. The zero-order valence-corrected chi connectivity index (χ0v) is 9.50. The molecule has 0 aliphatic carbocycles. The highest BCUT2D eigenvalue weighted by atomic mass is 15.3. The normalized spacial score (nSPS) is 24.4. The van der Waals surface area contributed by atoms with Crippen LogP contribution < -0.4 is 11.3 Å². The van der Waals surface area contributed by atoms with Gasteiger partial charge in [-0.25, -0.2) is 5.43 Å². The zero-order chi connectivity index (χ0) is 10.4. The number of likely N-dealkylation sites (tertiary alicyclic amines) is 1. The van der Waals surface area contributed by atoms with E-state index < -0.39 is 0 Å². The van der Waals surface area contributed by atoms with E-state index in [-0.39, 0.29) is 0 Å². The number of nitrogens with two attached hydrogens (primary N) is 1. The molecule has 1 unspecified atom stereocenters. The topological polar surface area (TPSA) is 44.5 Å². The molecule has 1 atom stereocenters. The maximum absolute atomic E-state index is 5.26. The van der Waals surface area contributed by atoms with E-state index in [0.29, 0.717) is 0 Å². The first-order valence-electron chi connectivity index (χ1n) is 5.53. The van der Waals surface area contributed by atoms with E-state index in [9.17, 15) is 0 Å². The molecule has 1 aliphatic heterocycles. The molecule has 84 valence electrons. The van der Waals surface area contributed by atoms with Crippen molar-refractivity contribution in [1.29, 1.82) is 0 Å². The van der Waals surface area contributed by atoms with Gasteiger partial charge in [0.05, 0.1) is 6.67 Å². The Morgan fingerprint density at radius 3 is 3.00 bits per heavy atom. The maximum Gasteiger partial charge on any atom is 0.0609 e. The molecule has 0 saturated carbocycles. The van der Waals surface area contributed by atoms with Gasteiger partial charge in [0.2, 0.25) is 0 Å². The lowest BCUT2D eigenvalue weighted by molar-refractivity contribution is 0.183. The monoisotopic (exact) mass is 200 g/mol. The van der Waals surface area contributed by atoms with Crippen LogP contribution in [-0.4, -0.2) is 50.2 Å². The summed E-state index contributed by atoms with van der Waals surface area (Å²) in [5.41, 5.74) is 2.68. The first-order chi connectivity index (χ1) is 6.72. The molecule has 1 rings (SSSR count). The summed E-state index contributed by atoms with van der Waals surface area (Å²) in [6.07, 6.45) is 4.05. The van der Waals surface area contributed by atoms with Crippen molar-refractivity contribution in [3.05, 3.63) is 0 Å². The van der Waals surface area contributed by atoms with E-state index in [1.165, 1.54) is 32.4 Å². The Hall–Kier alpha value is -0.160. The van der Waals surface area contributed by atoms with E-state index >= 15 is 0 Å². The van der Waals surface area contributed by atoms with Crippen LogP contribution in [-0.2, 0) is 0 Å². The van der Waals surface area contributed by atoms with Gasteiger partial charge in [-0.2, -0.15) is 0 Å². The molecule has 0 bridgehead atoms. The Morgan fingerprint density at radius 2 is 2.36 bits per heavy atom. The number of nitrogens with zero attached hydrogens (tertiary/aromatic N) is 2. The standard InChI is InChI=1S/C10H24N4/c1-13-6-3-4-10(8-13)5-7-14(2)9-12-11/h10,12H,3-9,11H2,1-2H3. The summed E-state index contributed by atoms with van der Waals surface area (Å²) in [5.74, 6) is 6.14. The maximum atomic E-state index is 5.26. The van der Waals surface area contributed by atoms with Crippen molar-refractivity contribution in [1.82, 2.24) is 15.2 Å².